The minimum atomic E-state index is -0.807. The molecule has 12 heteroatoms. The fraction of sp³-hybridized carbons (Fsp3) is 0.231. The Morgan fingerprint density at radius 2 is 0.569 bits per heavy atom. The van der Waals surface area contributed by atoms with Gasteiger partial charge in [0.15, 0.2) is 0 Å². The maximum Gasteiger partial charge on any atom is 0.338 e. The second-order valence-corrected chi connectivity index (χ2v) is 11.3. The number of hydrogen-bond acceptors (Lipinski definition) is 12. The van der Waals surface area contributed by atoms with Crippen LogP contribution in [0.2, 0.25) is 0 Å². The minimum absolute atomic E-state index is 0.136. The fourth-order valence-electron chi connectivity index (χ4n) is 4.32. The van der Waals surface area contributed by atoms with Crippen LogP contribution in [0.3, 0.4) is 0 Å². The molecule has 0 fully saturated rings. The highest BCUT2D eigenvalue weighted by atomic mass is 16.6. The number of benzene rings is 4. The molecule has 264 valence electrons. The molecule has 0 N–H and O–H groups in total. The Balaban J connectivity index is 1.15. The van der Waals surface area contributed by atoms with Crippen LogP contribution in [0.15, 0.2) is 109 Å². The van der Waals surface area contributed by atoms with Gasteiger partial charge in [-0.15, -0.1) is 0 Å². The predicted molar refractivity (Wildman–Crippen MR) is 181 cm³/mol. The van der Waals surface area contributed by atoms with E-state index in [1.165, 1.54) is 48.5 Å². The summed E-state index contributed by atoms with van der Waals surface area (Å²) in [5.74, 6) is -3.81. The number of carbonyl (C=O) groups excluding carboxylic acids is 6. The van der Waals surface area contributed by atoms with Crippen LogP contribution in [-0.4, -0.2) is 73.9 Å². The highest BCUT2D eigenvalue weighted by Crippen LogP contribution is 2.13. The molecule has 3 unspecified atom stereocenters. The van der Waals surface area contributed by atoms with Crippen molar-refractivity contribution in [3.05, 3.63) is 143 Å². The van der Waals surface area contributed by atoms with E-state index in [9.17, 15) is 28.8 Å². The molecule has 0 aromatic heterocycles. The van der Waals surface area contributed by atoms with Crippen molar-refractivity contribution in [3.8, 4) is 0 Å². The van der Waals surface area contributed by atoms with Crippen LogP contribution in [0.1, 0.15) is 82.9 Å². The third kappa shape index (κ3) is 11.7. The topological polar surface area (TPSA) is 158 Å². The molecule has 0 heterocycles. The van der Waals surface area contributed by atoms with Gasteiger partial charge in [-0.1, -0.05) is 36.4 Å². The van der Waals surface area contributed by atoms with Crippen LogP contribution in [-0.2, 0) is 28.4 Å². The summed E-state index contributed by atoms with van der Waals surface area (Å²) >= 11 is 0. The summed E-state index contributed by atoms with van der Waals surface area (Å²) < 4.78 is 31.6. The molecule has 0 radical (unpaired) electrons. The van der Waals surface area contributed by atoms with Crippen molar-refractivity contribution in [1.82, 2.24) is 0 Å². The lowest BCUT2D eigenvalue weighted by atomic mass is 10.1. The van der Waals surface area contributed by atoms with Crippen molar-refractivity contribution in [2.45, 2.75) is 39.1 Å². The summed E-state index contributed by atoms with van der Waals surface area (Å²) in [7, 11) is 0. The Morgan fingerprint density at radius 1 is 0.353 bits per heavy atom. The van der Waals surface area contributed by atoms with E-state index in [4.69, 9.17) is 28.4 Å². The maximum absolute atomic E-state index is 12.6. The zero-order valence-electron chi connectivity index (χ0n) is 28.1. The molecule has 12 nitrogen and oxygen atoms in total. The summed E-state index contributed by atoms with van der Waals surface area (Å²) in [6, 6.07) is 28.0. The van der Waals surface area contributed by atoms with E-state index in [2.05, 4.69) is 0 Å². The Kier molecular flexibility index (Phi) is 13.6. The molecule has 0 amide bonds. The van der Waals surface area contributed by atoms with Crippen molar-refractivity contribution in [2.75, 3.05) is 19.8 Å². The molecular weight excluding hydrogens is 660 g/mol. The van der Waals surface area contributed by atoms with E-state index in [0.717, 1.165) is 0 Å². The van der Waals surface area contributed by atoms with Gasteiger partial charge in [0, 0.05) is 0 Å². The summed E-state index contributed by atoms with van der Waals surface area (Å²) in [4.78, 5) is 74.3. The predicted octanol–water partition coefficient (Wildman–Crippen LogP) is 5.89. The van der Waals surface area contributed by atoms with Crippen LogP contribution in [0.4, 0.5) is 0 Å². The van der Waals surface area contributed by atoms with Gasteiger partial charge in [-0.3, -0.25) is 0 Å². The summed E-state index contributed by atoms with van der Waals surface area (Å²) in [6.45, 7) is 4.18. The zero-order chi connectivity index (χ0) is 36.8. The van der Waals surface area contributed by atoms with Crippen molar-refractivity contribution in [1.29, 1.82) is 0 Å². The molecule has 0 saturated carbocycles. The first kappa shape index (κ1) is 37.5. The van der Waals surface area contributed by atoms with E-state index in [-0.39, 0.29) is 42.1 Å². The second-order valence-electron chi connectivity index (χ2n) is 11.3. The number of hydrogen-bond donors (Lipinski definition) is 0. The smallest absolute Gasteiger partial charge is 0.338 e. The van der Waals surface area contributed by atoms with Crippen LogP contribution in [0.5, 0.6) is 0 Å². The molecule has 0 aliphatic heterocycles. The van der Waals surface area contributed by atoms with Crippen molar-refractivity contribution in [3.63, 3.8) is 0 Å². The normalized spacial score (nSPS) is 12.3. The fourth-order valence-corrected chi connectivity index (χ4v) is 4.32. The van der Waals surface area contributed by atoms with Crippen molar-refractivity contribution in [2.24, 2.45) is 0 Å². The maximum atomic E-state index is 12.6. The first-order valence-corrected chi connectivity index (χ1v) is 15.9. The first-order chi connectivity index (χ1) is 24.5. The molecule has 4 rings (SSSR count). The molecular formula is C39H36O12. The molecule has 3 atom stereocenters. The molecule has 4 aromatic rings. The van der Waals surface area contributed by atoms with Gasteiger partial charge in [0.05, 0.1) is 33.4 Å². The van der Waals surface area contributed by atoms with E-state index in [1.807, 2.05) is 0 Å². The van der Waals surface area contributed by atoms with Gasteiger partial charge in [0.25, 0.3) is 0 Å². The van der Waals surface area contributed by atoms with E-state index < -0.39 is 54.1 Å². The third-order valence-electron chi connectivity index (χ3n) is 7.00. The van der Waals surface area contributed by atoms with Crippen molar-refractivity contribution >= 4 is 35.8 Å². The zero-order valence-corrected chi connectivity index (χ0v) is 28.1. The standard InChI is InChI=1S/C39H36O12/c1-25(49-37(43)29-12-8-5-9-13-29)23-47-35(41)30-14-20-33(21-15-30)39(45)51-27(3)24-48-36(42)31-16-18-32(19-17-31)38(44)50-26(2)22-46-34(40)28-10-6-4-7-11-28/h4-21,25-27H,22-24H2,1-3H3. The lowest BCUT2D eigenvalue weighted by Gasteiger charge is -2.15. The van der Waals surface area contributed by atoms with Gasteiger partial charge in [0.2, 0.25) is 0 Å². The first-order valence-electron chi connectivity index (χ1n) is 15.9. The lowest BCUT2D eigenvalue weighted by molar-refractivity contribution is 0.00418. The monoisotopic (exact) mass is 696 g/mol. The Morgan fingerprint density at radius 3 is 0.843 bits per heavy atom. The highest BCUT2D eigenvalue weighted by molar-refractivity contribution is 5.94. The van der Waals surface area contributed by atoms with E-state index in [0.29, 0.717) is 11.1 Å². The quantitative estimate of drug-likeness (QED) is 0.107. The van der Waals surface area contributed by atoms with Crippen LogP contribution >= 0.6 is 0 Å². The van der Waals surface area contributed by atoms with Gasteiger partial charge >= 0.3 is 35.8 Å². The molecule has 51 heavy (non-hydrogen) atoms. The average Bonchev–Trinajstić information content (AvgIpc) is 3.15. The van der Waals surface area contributed by atoms with Gasteiger partial charge in [-0.05, 0) is 93.6 Å². The van der Waals surface area contributed by atoms with Crippen LogP contribution < -0.4 is 0 Å². The molecule has 0 bridgehead atoms. The third-order valence-corrected chi connectivity index (χ3v) is 7.00. The van der Waals surface area contributed by atoms with Gasteiger partial charge < -0.3 is 28.4 Å². The Bertz CT molecular complexity index is 1800. The molecule has 0 aliphatic rings. The summed E-state index contributed by atoms with van der Waals surface area (Å²) in [6.07, 6.45) is -2.21. The van der Waals surface area contributed by atoms with E-state index in [1.54, 1.807) is 81.4 Å². The Labute approximate surface area is 294 Å². The van der Waals surface area contributed by atoms with Crippen molar-refractivity contribution < 1.29 is 57.2 Å². The summed E-state index contributed by atoms with van der Waals surface area (Å²) in [5.41, 5.74) is 1.42. The van der Waals surface area contributed by atoms with Gasteiger partial charge in [-0.25, -0.2) is 28.8 Å². The molecule has 0 aliphatic carbocycles. The van der Waals surface area contributed by atoms with Crippen LogP contribution in [0, 0.1) is 0 Å². The Hall–Kier alpha value is -6.30. The number of rotatable bonds is 15. The highest BCUT2D eigenvalue weighted by Gasteiger charge is 2.19. The van der Waals surface area contributed by atoms with E-state index >= 15 is 0 Å². The SMILES string of the molecule is CC(COC(=O)c1ccc(C(=O)OC(C)COC(=O)c2ccc(C(=O)OC(C)COC(=O)c3ccccc3)cc2)cc1)OC(=O)c1ccccc1. The summed E-state index contributed by atoms with van der Waals surface area (Å²) in [5, 5.41) is 0. The second kappa shape index (κ2) is 18.5. The largest absolute Gasteiger partial charge is 0.458 e. The number of carbonyl (C=O) groups is 6. The van der Waals surface area contributed by atoms with Gasteiger partial charge in [-0.2, -0.15) is 0 Å². The number of esters is 6. The minimum Gasteiger partial charge on any atom is -0.458 e. The lowest BCUT2D eigenvalue weighted by Crippen LogP contribution is -2.23. The number of ether oxygens (including phenoxy) is 6. The van der Waals surface area contributed by atoms with Crippen LogP contribution in [0.25, 0.3) is 0 Å². The van der Waals surface area contributed by atoms with Gasteiger partial charge in [0.1, 0.15) is 38.1 Å². The molecule has 4 aromatic carbocycles. The molecule has 0 spiro atoms. The average molecular weight is 697 g/mol. The molecule has 0 saturated heterocycles.